The number of hydrogen-bond donors (Lipinski definition) is 2. The molecule has 1 heterocycles. The average Bonchev–Trinajstić information content (AvgIpc) is 2.73. The molecule has 0 spiro atoms. The highest BCUT2D eigenvalue weighted by Crippen LogP contribution is 2.43. The monoisotopic (exact) mass is 494 g/mol. The van der Waals surface area contributed by atoms with Crippen molar-refractivity contribution in [3.05, 3.63) is 46.2 Å². The molecule has 2 aliphatic carbocycles. The molecule has 0 aromatic rings. The van der Waals surface area contributed by atoms with Crippen molar-refractivity contribution in [3.63, 3.8) is 0 Å². The maximum absolute atomic E-state index is 13.4. The smallest absolute Gasteiger partial charge is 0.245 e. The number of piperidine rings is 1. The third-order valence-electron chi connectivity index (χ3n) is 6.96. The van der Waals surface area contributed by atoms with Gasteiger partial charge in [-0.05, 0) is 54.6 Å². The number of nitrogens with one attached hydrogen (secondary N) is 1. The minimum atomic E-state index is -0.569. The van der Waals surface area contributed by atoms with Gasteiger partial charge < -0.3 is 20.8 Å². The van der Waals surface area contributed by atoms with E-state index in [1.54, 1.807) is 6.08 Å². The number of amides is 2. The number of carbonyl (C=O) groups is 2. The van der Waals surface area contributed by atoms with Crippen LogP contribution in [0.5, 0.6) is 0 Å². The fourth-order valence-electron chi connectivity index (χ4n) is 5.12. The predicted molar refractivity (Wildman–Crippen MR) is 139 cm³/mol. The summed E-state index contributed by atoms with van der Waals surface area (Å²) in [7, 11) is 0. The Morgan fingerprint density at radius 1 is 1.24 bits per heavy atom. The van der Waals surface area contributed by atoms with Crippen LogP contribution in [0.4, 0.5) is 0 Å². The molecule has 1 aliphatic heterocycles. The molecule has 0 saturated carbocycles. The lowest BCUT2D eigenvalue weighted by atomic mass is 9.68. The van der Waals surface area contributed by atoms with Crippen molar-refractivity contribution >= 4 is 23.4 Å². The summed E-state index contributed by atoms with van der Waals surface area (Å²) in [5.74, 6) is 0.429. The third-order valence-corrected chi connectivity index (χ3v) is 7.27. The van der Waals surface area contributed by atoms with Crippen LogP contribution in [0.15, 0.2) is 46.2 Å². The van der Waals surface area contributed by atoms with E-state index in [-0.39, 0.29) is 48.2 Å². The van der Waals surface area contributed by atoms with Gasteiger partial charge in [0.15, 0.2) is 0 Å². The summed E-state index contributed by atoms with van der Waals surface area (Å²) >= 11 is 6.14. The minimum Gasteiger partial charge on any atom is -0.512 e. The number of nitrogens with zero attached hydrogens (tertiary/aromatic N) is 1. The fraction of sp³-hybridized carbons (Fsp3) is 0.630. The van der Waals surface area contributed by atoms with Gasteiger partial charge in [0, 0.05) is 24.5 Å². The molecule has 0 radical (unpaired) electrons. The number of allylic oxidation sites excluding steroid dienone is 7. The molecule has 0 aromatic heterocycles. The van der Waals surface area contributed by atoms with Gasteiger partial charge in [0.25, 0.3) is 0 Å². The summed E-state index contributed by atoms with van der Waals surface area (Å²) in [6, 6.07) is -0.569. The lowest BCUT2D eigenvalue weighted by molar-refractivity contribution is -0.141. The van der Waals surface area contributed by atoms with Crippen LogP contribution in [-0.2, 0) is 9.59 Å². The van der Waals surface area contributed by atoms with E-state index in [0.717, 1.165) is 30.7 Å². The molecule has 2 atom stereocenters. The zero-order chi connectivity index (χ0) is 23.5. The van der Waals surface area contributed by atoms with Crippen LogP contribution in [0.3, 0.4) is 0 Å². The number of likely N-dealkylation sites (tertiary alicyclic amines) is 1. The Kier molecular flexibility index (Phi) is 11.1. The van der Waals surface area contributed by atoms with Gasteiger partial charge in [-0.25, -0.2) is 0 Å². The van der Waals surface area contributed by atoms with Crippen molar-refractivity contribution < 1.29 is 20.2 Å². The first-order chi connectivity index (χ1) is 15.1. The van der Waals surface area contributed by atoms with E-state index in [0.29, 0.717) is 31.0 Å². The standard InChI is InChI=1S/C26H37ClN2O3.CH4.H2O/c1-17(2)24(28-23(31)15-19-7-5-6-8-22(19)30)25(32)29-14-13-21(26(3,4)16-29)18-9-11-20(27)12-10-18;;/h5,7,9,11,17,21,24,30H,6,8,10,12-16H2,1-4H3,(H,28,31);1H4;1H2/t21-,24-;;/m1../s1. The maximum atomic E-state index is 13.4. The summed E-state index contributed by atoms with van der Waals surface area (Å²) in [6.45, 7) is 9.73. The number of rotatable bonds is 6. The van der Waals surface area contributed by atoms with Gasteiger partial charge in [0.1, 0.15) is 6.04 Å². The molecular formula is C27H43ClN2O4. The van der Waals surface area contributed by atoms with Gasteiger partial charge in [-0.2, -0.15) is 0 Å². The quantitative estimate of drug-likeness (QED) is 0.530. The highest BCUT2D eigenvalue weighted by molar-refractivity contribution is 6.29. The van der Waals surface area contributed by atoms with Crippen molar-refractivity contribution in [1.29, 1.82) is 0 Å². The normalized spacial score (nSPS) is 22.8. The van der Waals surface area contributed by atoms with Crippen molar-refractivity contribution in [2.24, 2.45) is 17.3 Å². The van der Waals surface area contributed by atoms with Crippen LogP contribution in [0.25, 0.3) is 0 Å². The molecule has 7 heteroatoms. The Labute approximate surface area is 210 Å². The van der Waals surface area contributed by atoms with Crippen molar-refractivity contribution in [2.75, 3.05) is 13.1 Å². The molecule has 0 unspecified atom stereocenters. The Bertz CT molecular complexity index is 870. The first-order valence-electron chi connectivity index (χ1n) is 11.8. The second-order valence-electron chi connectivity index (χ2n) is 10.3. The molecule has 3 rings (SSSR count). The fourth-order valence-corrected chi connectivity index (χ4v) is 5.28. The van der Waals surface area contributed by atoms with Crippen LogP contribution in [0.2, 0.25) is 0 Å². The Morgan fingerprint density at radius 3 is 2.50 bits per heavy atom. The van der Waals surface area contributed by atoms with Gasteiger partial charge in [-0.15, -0.1) is 0 Å². The summed E-state index contributed by atoms with van der Waals surface area (Å²) in [4.78, 5) is 28.0. The second kappa shape index (κ2) is 12.6. The maximum Gasteiger partial charge on any atom is 0.245 e. The number of hydrogen-bond acceptors (Lipinski definition) is 3. The number of carbonyl (C=O) groups excluding carboxylic acids is 2. The number of halogens is 1. The second-order valence-corrected chi connectivity index (χ2v) is 10.8. The molecule has 192 valence electrons. The van der Waals surface area contributed by atoms with E-state index in [9.17, 15) is 14.7 Å². The topological polar surface area (TPSA) is 101 Å². The molecular weight excluding hydrogens is 452 g/mol. The summed E-state index contributed by atoms with van der Waals surface area (Å²) < 4.78 is 0. The summed E-state index contributed by atoms with van der Waals surface area (Å²) in [5.41, 5.74) is 2.02. The molecule has 0 bridgehead atoms. The van der Waals surface area contributed by atoms with Crippen molar-refractivity contribution in [2.45, 2.75) is 79.7 Å². The van der Waals surface area contributed by atoms with E-state index < -0.39 is 6.04 Å². The van der Waals surface area contributed by atoms with E-state index in [4.69, 9.17) is 11.6 Å². The predicted octanol–water partition coefficient (Wildman–Crippen LogP) is 5.21. The molecule has 34 heavy (non-hydrogen) atoms. The van der Waals surface area contributed by atoms with Crippen LogP contribution in [0.1, 0.15) is 73.6 Å². The van der Waals surface area contributed by atoms with E-state index in [1.807, 2.05) is 30.9 Å². The average molecular weight is 495 g/mol. The van der Waals surface area contributed by atoms with Gasteiger partial charge in [-0.1, -0.05) is 70.5 Å². The molecule has 1 saturated heterocycles. The zero-order valence-electron chi connectivity index (χ0n) is 20.3. The van der Waals surface area contributed by atoms with E-state index in [2.05, 4.69) is 25.2 Å². The van der Waals surface area contributed by atoms with Crippen molar-refractivity contribution in [1.82, 2.24) is 10.2 Å². The minimum absolute atomic E-state index is 0. The number of aliphatic hydroxyl groups is 1. The molecule has 1 fully saturated rings. The zero-order valence-corrected chi connectivity index (χ0v) is 21.0. The van der Waals surface area contributed by atoms with E-state index >= 15 is 0 Å². The lowest BCUT2D eigenvalue weighted by Gasteiger charge is -2.46. The molecule has 4 N–H and O–H groups in total. The van der Waals surface area contributed by atoms with Gasteiger partial charge in [-0.3, -0.25) is 9.59 Å². The molecule has 2 amide bonds. The largest absolute Gasteiger partial charge is 0.512 e. The third kappa shape index (κ3) is 7.22. The highest BCUT2D eigenvalue weighted by atomic mass is 35.5. The van der Waals surface area contributed by atoms with Crippen molar-refractivity contribution in [3.8, 4) is 0 Å². The van der Waals surface area contributed by atoms with Gasteiger partial charge in [0.05, 0.1) is 12.2 Å². The molecule has 6 nitrogen and oxygen atoms in total. The number of aliphatic hydroxyl groups excluding tert-OH is 1. The highest BCUT2D eigenvalue weighted by Gasteiger charge is 2.41. The molecule has 3 aliphatic rings. The Hall–Kier alpha value is -2.05. The van der Waals surface area contributed by atoms with Crippen LogP contribution in [0, 0.1) is 17.3 Å². The van der Waals surface area contributed by atoms with Crippen LogP contribution in [-0.4, -0.2) is 46.4 Å². The SMILES string of the molecule is C.CC(C)[C@@H](NC(=O)CC1=C(O)CCC=C1)C(=O)N1CC[C@H](C2=CC=C(Cl)CC2)C(C)(C)C1.O. The van der Waals surface area contributed by atoms with Gasteiger partial charge in [0.2, 0.25) is 11.8 Å². The molecule has 0 aromatic carbocycles. The lowest BCUT2D eigenvalue weighted by Crippen LogP contribution is -2.56. The summed E-state index contributed by atoms with van der Waals surface area (Å²) in [6.07, 6.45) is 12.2. The summed E-state index contributed by atoms with van der Waals surface area (Å²) in [5, 5.41) is 13.9. The Morgan fingerprint density at radius 2 is 1.94 bits per heavy atom. The first-order valence-corrected chi connectivity index (χ1v) is 12.2. The van der Waals surface area contributed by atoms with Crippen LogP contribution >= 0.6 is 11.6 Å². The Balaban J connectivity index is 0.00000289. The van der Waals surface area contributed by atoms with E-state index in [1.165, 1.54) is 5.57 Å². The van der Waals surface area contributed by atoms with Crippen LogP contribution < -0.4 is 5.32 Å². The first kappa shape index (κ1) is 30.0. The van der Waals surface area contributed by atoms with Gasteiger partial charge >= 0.3 is 0 Å².